The molecule has 0 aliphatic heterocycles. The van der Waals surface area contributed by atoms with Gasteiger partial charge in [0.2, 0.25) is 5.91 Å². The maximum absolute atomic E-state index is 12.9. The Morgan fingerprint density at radius 2 is 1.74 bits per heavy atom. The van der Waals surface area contributed by atoms with Gasteiger partial charge in [-0.05, 0) is 56.2 Å². The molecule has 9 heteroatoms. The number of thiophene rings is 1. The lowest BCUT2D eigenvalue weighted by atomic mass is 9.95. The van der Waals surface area contributed by atoms with Gasteiger partial charge in [-0.15, -0.1) is 11.3 Å². The van der Waals surface area contributed by atoms with Crippen LogP contribution in [0.2, 0.25) is 0 Å². The van der Waals surface area contributed by atoms with E-state index in [1.165, 1.54) is 18.3 Å². The van der Waals surface area contributed by atoms with Crippen molar-refractivity contribution in [2.45, 2.75) is 64.3 Å². The van der Waals surface area contributed by atoms with Crippen LogP contribution in [0.3, 0.4) is 0 Å². The van der Waals surface area contributed by atoms with E-state index in [0.29, 0.717) is 21.8 Å². The molecular weight excluding hydrogens is 454 g/mol. The number of rotatable bonds is 7. The fourth-order valence-electron chi connectivity index (χ4n) is 4.54. The summed E-state index contributed by atoms with van der Waals surface area (Å²) < 4.78 is 5.32. The predicted molar refractivity (Wildman–Crippen MR) is 130 cm³/mol. The summed E-state index contributed by atoms with van der Waals surface area (Å²) in [6.07, 6.45) is 7.73. The van der Waals surface area contributed by atoms with Crippen molar-refractivity contribution in [3.8, 4) is 0 Å². The van der Waals surface area contributed by atoms with Gasteiger partial charge in [0.25, 0.3) is 11.8 Å². The number of hydrogen-bond acceptors (Lipinski definition) is 6. The van der Waals surface area contributed by atoms with Crippen molar-refractivity contribution in [2.75, 3.05) is 17.2 Å². The second kappa shape index (κ2) is 10.8. The molecule has 0 saturated heterocycles. The van der Waals surface area contributed by atoms with E-state index in [2.05, 4.69) is 16.0 Å². The number of aryl methyl sites for hydroxylation is 1. The zero-order chi connectivity index (χ0) is 24.1. The molecule has 1 saturated carbocycles. The van der Waals surface area contributed by atoms with Crippen LogP contribution in [0.4, 0.5) is 10.7 Å². The summed E-state index contributed by atoms with van der Waals surface area (Å²) in [5.74, 6) is -1.67. The van der Waals surface area contributed by atoms with Gasteiger partial charge in [-0.25, -0.2) is 4.79 Å². The number of benzene rings is 1. The Kier molecular flexibility index (Phi) is 7.62. The first-order chi connectivity index (χ1) is 16.4. The zero-order valence-corrected chi connectivity index (χ0v) is 20.0. The van der Waals surface area contributed by atoms with Crippen molar-refractivity contribution in [3.63, 3.8) is 0 Å². The summed E-state index contributed by atoms with van der Waals surface area (Å²) in [5.41, 5.74) is 1.98. The number of anilines is 2. The number of para-hydroxylation sites is 1. The van der Waals surface area contributed by atoms with Crippen molar-refractivity contribution in [1.29, 1.82) is 0 Å². The Labute approximate surface area is 202 Å². The lowest BCUT2D eigenvalue weighted by molar-refractivity contribution is -0.119. The Morgan fingerprint density at radius 1 is 1.00 bits per heavy atom. The lowest BCUT2D eigenvalue weighted by Crippen LogP contribution is -2.33. The average Bonchev–Trinajstić information content (AvgIpc) is 3.44. The predicted octanol–water partition coefficient (Wildman–Crippen LogP) is 4.05. The summed E-state index contributed by atoms with van der Waals surface area (Å²) in [4.78, 5) is 50.9. The van der Waals surface area contributed by atoms with Crippen LogP contribution in [0.5, 0.6) is 0 Å². The maximum Gasteiger partial charge on any atom is 0.341 e. The highest BCUT2D eigenvalue weighted by atomic mass is 32.1. The Morgan fingerprint density at radius 3 is 2.50 bits per heavy atom. The molecule has 0 bridgehead atoms. The van der Waals surface area contributed by atoms with E-state index in [1.807, 2.05) is 0 Å². The van der Waals surface area contributed by atoms with E-state index >= 15 is 0 Å². The second-order valence-corrected chi connectivity index (χ2v) is 9.83. The molecule has 4 rings (SSSR count). The Hall–Kier alpha value is -3.20. The minimum absolute atomic E-state index is 0.159. The number of hydrogen-bond donors (Lipinski definition) is 3. The number of amides is 3. The normalized spacial score (nSPS) is 15.3. The molecule has 1 fully saturated rings. The van der Waals surface area contributed by atoms with Crippen molar-refractivity contribution in [2.24, 2.45) is 0 Å². The number of esters is 1. The number of ether oxygens (including phenoxy) is 1. The summed E-state index contributed by atoms with van der Waals surface area (Å²) in [5, 5.41) is 8.89. The molecular formula is C25H29N3O5S. The molecule has 0 spiro atoms. The minimum atomic E-state index is -0.634. The summed E-state index contributed by atoms with van der Waals surface area (Å²) in [6, 6.07) is 6.93. The molecule has 1 heterocycles. The molecule has 1 aromatic carbocycles. The van der Waals surface area contributed by atoms with Gasteiger partial charge in [0.05, 0.1) is 16.8 Å². The van der Waals surface area contributed by atoms with Crippen LogP contribution in [-0.2, 0) is 27.2 Å². The fraction of sp³-hybridized carbons (Fsp3) is 0.440. The molecule has 0 unspecified atom stereocenters. The molecule has 3 N–H and O–H groups in total. The van der Waals surface area contributed by atoms with Crippen LogP contribution < -0.4 is 16.0 Å². The fourth-order valence-corrected chi connectivity index (χ4v) is 5.87. The van der Waals surface area contributed by atoms with Gasteiger partial charge in [0, 0.05) is 17.8 Å². The van der Waals surface area contributed by atoms with Gasteiger partial charge in [-0.2, -0.15) is 0 Å². The third-order valence-corrected chi connectivity index (χ3v) is 7.34. The van der Waals surface area contributed by atoms with Gasteiger partial charge < -0.3 is 20.7 Å². The maximum atomic E-state index is 12.9. The van der Waals surface area contributed by atoms with Gasteiger partial charge in [0.1, 0.15) is 5.00 Å². The molecule has 8 nitrogen and oxygen atoms in total. The number of carbonyl (C=O) groups is 4. The smallest absolute Gasteiger partial charge is 0.341 e. The van der Waals surface area contributed by atoms with E-state index < -0.39 is 18.5 Å². The first-order valence-electron chi connectivity index (χ1n) is 11.7. The molecule has 1 aromatic heterocycles. The lowest BCUT2D eigenvalue weighted by Gasteiger charge is -2.15. The highest BCUT2D eigenvalue weighted by Gasteiger charge is 2.27. The quantitative estimate of drug-likeness (QED) is 0.514. The van der Waals surface area contributed by atoms with E-state index in [1.54, 1.807) is 24.3 Å². The first-order valence-corrected chi connectivity index (χ1v) is 12.5. The standard InChI is InChI=1S/C25H29N3O5S/c1-15(29)26-24-22(18-11-5-7-13-20(18)34-24)25(32)33-14-21(30)28-19-12-6-4-10-17(19)23(31)27-16-8-2-3-9-16/h4,6,10,12,16H,2-3,5,7-9,11,13-14H2,1H3,(H,26,29)(H,27,31)(H,28,30). The van der Waals surface area contributed by atoms with Gasteiger partial charge in [-0.3, -0.25) is 14.4 Å². The molecule has 2 aromatic rings. The summed E-state index contributed by atoms with van der Waals surface area (Å²) in [6.45, 7) is 0.892. The van der Waals surface area contributed by atoms with Crippen molar-refractivity contribution in [1.82, 2.24) is 5.32 Å². The molecule has 2 aliphatic carbocycles. The van der Waals surface area contributed by atoms with Gasteiger partial charge in [0.15, 0.2) is 6.61 Å². The monoisotopic (exact) mass is 483 g/mol. The molecule has 3 amide bonds. The van der Waals surface area contributed by atoms with Crippen LogP contribution in [-0.4, -0.2) is 36.3 Å². The van der Waals surface area contributed by atoms with Crippen molar-refractivity contribution in [3.05, 3.63) is 45.8 Å². The SMILES string of the molecule is CC(=O)Nc1sc2c(c1C(=O)OCC(=O)Nc1ccccc1C(=O)NC1CCCC1)CCCC2. The Balaban J connectivity index is 1.40. The van der Waals surface area contributed by atoms with Gasteiger partial charge in [-0.1, -0.05) is 25.0 Å². The van der Waals surface area contributed by atoms with Crippen LogP contribution in [0.15, 0.2) is 24.3 Å². The van der Waals surface area contributed by atoms with E-state index in [4.69, 9.17) is 4.74 Å². The third-order valence-electron chi connectivity index (χ3n) is 6.14. The molecule has 2 aliphatic rings. The summed E-state index contributed by atoms with van der Waals surface area (Å²) >= 11 is 1.40. The van der Waals surface area contributed by atoms with Crippen LogP contribution in [0.1, 0.15) is 76.6 Å². The minimum Gasteiger partial charge on any atom is -0.452 e. The average molecular weight is 484 g/mol. The number of nitrogens with one attached hydrogen (secondary N) is 3. The molecule has 34 heavy (non-hydrogen) atoms. The molecule has 180 valence electrons. The van der Waals surface area contributed by atoms with Crippen LogP contribution in [0, 0.1) is 0 Å². The van der Waals surface area contributed by atoms with Crippen molar-refractivity contribution < 1.29 is 23.9 Å². The third kappa shape index (κ3) is 5.64. The molecule has 0 radical (unpaired) electrons. The topological polar surface area (TPSA) is 114 Å². The summed E-state index contributed by atoms with van der Waals surface area (Å²) in [7, 11) is 0. The van der Waals surface area contributed by atoms with E-state index in [0.717, 1.165) is 61.8 Å². The van der Waals surface area contributed by atoms with Crippen molar-refractivity contribution >= 4 is 45.7 Å². The van der Waals surface area contributed by atoms with E-state index in [9.17, 15) is 19.2 Å². The number of fused-ring (bicyclic) bond motifs is 1. The number of carbonyl (C=O) groups excluding carboxylic acids is 4. The van der Waals surface area contributed by atoms with Crippen LogP contribution >= 0.6 is 11.3 Å². The van der Waals surface area contributed by atoms with Crippen LogP contribution in [0.25, 0.3) is 0 Å². The zero-order valence-electron chi connectivity index (χ0n) is 19.2. The highest BCUT2D eigenvalue weighted by molar-refractivity contribution is 7.17. The Bertz CT molecular complexity index is 1100. The largest absolute Gasteiger partial charge is 0.452 e. The van der Waals surface area contributed by atoms with Gasteiger partial charge >= 0.3 is 5.97 Å². The highest BCUT2D eigenvalue weighted by Crippen LogP contribution is 2.38. The second-order valence-electron chi connectivity index (χ2n) is 8.72. The first kappa shape index (κ1) is 23.9. The van der Waals surface area contributed by atoms with E-state index in [-0.39, 0.29) is 17.9 Å². The molecule has 0 atom stereocenters.